The van der Waals surface area contributed by atoms with E-state index in [0.29, 0.717) is 6.42 Å². The van der Waals surface area contributed by atoms with Crippen LogP contribution in [0.1, 0.15) is 34.1 Å². The van der Waals surface area contributed by atoms with Gasteiger partial charge in [0.05, 0.1) is 6.42 Å². The second-order valence-electron chi connectivity index (χ2n) is 4.10. The van der Waals surface area contributed by atoms with Crippen LogP contribution >= 0.6 is 0 Å². The largest absolute Gasteiger partial charge is 0.458 e. The molecule has 0 aromatic rings. The van der Waals surface area contributed by atoms with Crippen LogP contribution < -0.4 is 0 Å². The van der Waals surface area contributed by atoms with Crippen LogP contribution in [0.4, 0.5) is 0 Å². The predicted octanol–water partition coefficient (Wildman–Crippen LogP) is 1.55. The van der Waals surface area contributed by atoms with E-state index in [1.807, 2.05) is 20.8 Å². The number of ketones is 1. The van der Waals surface area contributed by atoms with Gasteiger partial charge in [-0.2, -0.15) is 0 Å². The molecule has 0 saturated carbocycles. The summed E-state index contributed by atoms with van der Waals surface area (Å²) in [6.45, 7) is 7.13. The van der Waals surface area contributed by atoms with Crippen molar-refractivity contribution in [3.8, 4) is 0 Å². The third-order valence-corrected chi connectivity index (χ3v) is 1.11. The normalized spacial score (nSPS) is 11.0. The topological polar surface area (TPSA) is 43.4 Å². The van der Waals surface area contributed by atoms with Gasteiger partial charge in [0.15, 0.2) is 5.78 Å². The van der Waals surface area contributed by atoms with E-state index in [2.05, 4.69) is 0 Å². The molecule has 0 fully saturated rings. The summed E-state index contributed by atoms with van der Waals surface area (Å²) >= 11 is 0. The van der Waals surface area contributed by atoms with Gasteiger partial charge in [0.1, 0.15) is 6.61 Å². The van der Waals surface area contributed by atoms with Crippen molar-refractivity contribution in [3.05, 3.63) is 0 Å². The summed E-state index contributed by atoms with van der Waals surface area (Å²) in [4.78, 5) is 21.4. The van der Waals surface area contributed by atoms with E-state index in [1.54, 1.807) is 0 Å². The molecule has 0 aliphatic rings. The summed E-state index contributed by atoms with van der Waals surface area (Å²) in [5, 5.41) is 0. The van der Waals surface area contributed by atoms with E-state index in [0.717, 1.165) is 0 Å². The summed E-state index contributed by atoms with van der Waals surface area (Å²) in [7, 11) is 0. The maximum atomic E-state index is 11.0. The van der Waals surface area contributed by atoms with Gasteiger partial charge in [-0.3, -0.25) is 9.59 Å². The first-order valence-electron chi connectivity index (χ1n) is 3.96. The van der Waals surface area contributed by atoms with Crippen molar-refractivity contribution in [1.29, 1.82) is 0 Å². The number of rotatable bonds is 3. The fourth-order valence-electron chi connectivity index (χ4n) is 0.666. The van der Waals surface area contributed by atoms with Gasteiger partial charge < -0.3 is 4.74 Å². The number of Topliss-reactive ketones (excluding diaryl/α,β-unsaturated/α-hetero) is 1. The fraction of sp³-hybridized carbons (Fsp3) is 0.778. The zero-order valence-electron chi connectivity index (χ0n) is 8.14. The number of hydrogen-bond acceptors (Lipinski definition) is 3. The average Bonchev–Trinajstić information content (AvgIpc) is 1.79. The van der Waals surface area contributed by atoms with E-state index in [9.17, 15) is 9.59 Å². The van der Waals surface area contributed by atoms with Crippen LogP contribution in [-0.4, -0.2) is 18.4 Å². The lowest BCUT2D eigenvalue weighted by Crippen LogP contribution is -2.17. The first-order chi connectivity index (χ1) is 5.31. The van der Waals surface area contributed by atoms with Crippen molar-refractivity contribution in [3.63, 3.8) is 0 Å². The molecule has 12 heavy (non-hydrogen) atoms. The molecule has 0 rings (SSSR count). The Balaban J connectivity index is 3.68. The molecule has 0 heterocycles. The standard InChI is InChI=1S/C9H16O3/c1-7(10)6-12-8(11)5-9(2,3)4/h5-6H2,1-4H3. The van der Waals surface area contributed by atoms with E-state index in [1.165, 1.54) is 6.92 Å². The number of carbonyl (C=O) groups is 2. The number of hydrogen-bond donors (Lipinski definition) is 0. The molecule has 0 aliphatic carbocycles. The van der Waals surface area contributed by atoms with Crippen LogP contribution in [0.2, 0.25) is 0 Å². The summed E-state index contributed by atoms with van der Waals surface area (Å²) in [6, 6.07) is 0. The second kappa shape index (κ2) is 4.24. The molecule has 70 valence electrons. The summed E-state index contributed by atoms with van der Waals surface area (Å²) in [6.07, 6.45) is 0.347. The zero-order chi connectivity index (χ0) is 9.78. The summed E-state index contributed by atoms with van der Waals surface area (Å²) < 4.78 is 4.69. The Labute approximate surface area is 73.1 Å². The summed E-state index contributed by atoms with van der Waals surface area (Å²) in [5.74, 6) is -0.435. The van der Waals surface area contributed by atoms with Crippen molar-refractivity contribution in [2.75, 3.05) is 6.61 Å². The number of carbonyl (C=O) groups excluding carboxylic acids is 2. The molecular formula is C9H16O3. The van der Waals surface area contributed by atoms with Crippen LogP contribution in [0.5, 0.6) is 0 Å². The Morgan fingerprint density at radius 3 is 2.08 bits per heavy atom. The monoisotopic (exact) mass is 172 g/mol. The molecule has 0 aliphatic heterocycles. The average molecular weight is 172 g/mol. The lowest BCUT2D eigenvalue weighted by Gasteiger charge is -2.15. The molecular weight excluding hydrogens is 156 g/mol. The Morgan fingerprint density at radius 1 is 1.25 bits per heavy atom. The van der Waals surface area contributed by atoms with Crippen molar-refractivity contribution in [2.45, 2.75) is 34.1 Å². The molecule has 0 aromatic heterocycles. The zero-order valence-corrected chi connectivity index (χ0v) is 8.14. The Hall–Kier alpha value is -0.860. The van der Waals surface area contributed by atoms with Crippen LogP contribution in [0, 0.1) is 5.41 Å². The van der Waals surface area contributed by atoms with Gasteiger partial charge in [-0.15, -0.1) is 0 Å². The van der Waals surface area contributed by atoms with Gasteiger partial charge in [-0.25, -0.2) is 0 Å². The molecule has 0 bridgehead atoms. The molecule has 0 spiro atoms. The smallest absolute Gasteiger partial charge is 0.306 e. The maximum absolute atomic E-state index is 11.0. The predicted molar refractivity (Wildman–Crippen MR) is 45.7 cm³/mol. The van der Waals surface area contributed by atoms with Gasteiger partial charge in [-0.05, 0) is 12.3 Å². The lowest BCUT2D eigenvalue weighted by molar-refractivity contribution is -0.149. The van der Waals surface area contributed by atoms with Gasteiger partial charge >= 0.3 is 5.97 Å². The molecule has 0 saturated heterocycles. The highest BCUT2D eigenvalue weighted by Crippen LogP contribution is 2.18. The third-order valence-electron chi connectivity index (χ3n) is 1.11. The minimum atomic E-state index is -0.308. The van der Waals surface area contributed by atoms with Crippen molar-refractivity contribution in [2.24, 2.45) is 5.41 Å². The van der Waals surface area contributed by atoms with Crippen LogP contribution in [0.15, 0.2) is 0 Å². The molecule has 3 heteroatoms. The Bertz CT molecular complexity index is 177. The SMILES string of the molecule is CC(=O)COC(=O)CC(C)(C)C. The molecule has 0 atom stereocenters. The lowest BCUT2D eigenvalue weighted by atomic mass is 9.92. The van der Waals surface area contributed by atoms with E-state index in [-0.39, 0.29) is 23.8 Å². The van der Waals surface area contributed by atoms with Crippen LogP contribution in [-0.2, 0) is 14.3 Å². The van der Waals surface area contributed by atoms with Crippen molar-refractivity contribution >= 4 is 11.8 Å². The summed E-state index contributed by atoms with van der Waals surface area (Å²) in [5.41, 5.74) is -0.0755. The van der Waals surface area contributed by atoms with Crippen LogP contribution in [0.3, 0.4) is 0 Å². The van der Waals surface area contributed by atoms with Crippen molar-refractivity contribution < 1.29 is 14.3 Å². The molecule has 3 nitrogen and oxygen atoms in total. The molecule has 0 radical (unpaired) electrons. The van der Waals surface area contributed by atoms with Gasteiger partial charge in [0.2, 0.25) is 0 Å². The van der Waals surface area contributed by atoms with Gasteiger partial charge in [0, 0.05) is 0 Å². The first-order valence-corrected chi connectivity index (χ1v) is 3.96. The Morgan fingerprint density at radius 2 is 1.75 bits per heavy atom. The highest BCUT2D eigenvalue weighted by Gasteiger charge is 2.16. The maximum Gasteiger partial charge on any atom is 0.306 e. The third kappa shape index (κ3) is 7.25. The van der Waals surface area contributed by atoms with Gasteiger partial charge in [0.25, 0.3) is 0 Å². The van der Waals surface area contributed by atoms with E-state index in [4.69, 9.17) is 4.74 Å². The first kappa shape index (κ1) is 11.1. The number of esters is 1. The van der Waals surface area contributed by atoms with E-state index >= 15 is 0 Å². The highest BCUT2D eigenvalue weighted by molar-refractivity contribution is 5.80. The highest BCUT2D eigenvalue weighted by atomic mass is 16.5. The molecule has 0 aromatic carbocycles. The minimum absolute atomic E-state index is 0.0755. The van der Waals surface area contributed by atoms with Crippen molar-refractivity contribution in [1.82, 2.24) is 0 Å². The number of ether oxygens (including phenoxy) is 1. The Kier molecular flexibility index (Phi) is 3.93. The molecule has 0 unspecified atom stereocenters. The fourth-order valence-corrected chi connectivity index (χ4v) is 0.666. The van der Waals surface area contributed by atoms with Gasteiger partial charge in [-0.1, -0.05) is 20.8 Å². The molecule has 0 amide bonds. The second-order valence-corrected chi connectivity index (χ2v) is 4.10. The quantitative estimate of drug-likeness (QED) is 0.607. The van der Waals surface area contributed by atoms with Crippen LogP contribution in [0.25, 0.3) is 0 Å². The molecule has 0 N–H and O–H groups in total. The minimum Gasteiger partial charge on any atom is -0.458 e. The van der Waals surface area contributed by atoms with E-state index < -0.39 is 0 Å².